The van der Waals surface area contributed by atoms with Gasteiger partial charge in [-0.25, -0.2) is 15.0 Å². The quantitative estimate of drug-likeness (QED) is 0.604. The van der Waals surface area contributed by atoms with Crippen LogP contribution in [-0.4, -0.2) is 19.9 Å². The molecule has 0 saturated carbocycles. The molecule has 0 aliphatic heterocycles. The maximum absolute atomic E-state index is 5.98. The smallest absolute Gasteiger partial charge is 0.183 e. The zero-order chi connectivity index (χ0) is 12.0. The molecule has 3 rings (SSSR count). The van der Waals surface area contributed by atoms with Gasteiger partial charge in [0.1, 0.15) is 11.8 Å². The Morgan fingerprint density at radius 2 is 2.12 bits per heavy atom. The standard InChI is InChI=1S/C10H10N6S/c1-4-2-17-7(5(4)11)10-15-6-8(12)13-3-14-9(6)16-10/h2-3H,11H2,1H3,(H3,12,13,14,15,16). The highest BCUT2D eigenvalue weighted by molar-refractivity contribution is 7.14. The summed E-state index contributed by atoms with van der Waals surface area (Å²) in [7, 11) is 0. The largest absolute Gasteiger partial charge is 0.397 e. The summed E-state index contributed by atoms with van der Waals surface area (Å²) in [5, 5.41) is 1.99. The predicted octanol–water partition coefficient (Wildman–Crippen LogP) is 1.55. The average Bonchev–Trinajstić information content (AvgIpc) is 2.85. The van der Waals surface area contributed by atoms with Crippen LogP contribution in [0.25, 0.3) is 21.9 Å². The second kappa shape index (κ2) is 3.42. The van der Waals surface area contributed by atoms with Gasteiger partial charge in [-0.15, -0.1) is 11.3 Å². The summed E-state index contributed by atoms with van der Waals surface area (Å²) in [5.41, 5.74) is 14.7. The van der Waals surface area contributed by atoms with Crippen molar-refractivity contribution in [1.82, 2.24) is 19.9 Å². The van der Waals surface area contributed by atoms with Crippen molar-refractivity contribution < 1.29 is 0 Å². The molecule has 0 amide bonds. The van der Waals surface area contributed by atoms with Crippen molar-refractivity contribution in [1.29, 1.82) is 0 Å². The fourth-order valence-electron chi connectivity index (χ4n) is 1.59. The van der Waals surface area contributed by atoms with Crippen molar-refractivity contribution in [2.24, 2.45) is 0 Å². The third-order valence-electron chi connectivity index (χ3n) is 2.56. The van der Waals surface area contributed by atoms with Crippen molar-refractivity contribution >= 4 is 34.0 Å². The van der Waals surface area contributed by atoms with Gasteiger partial charge in [0.05, 0.1) is 10.6 Å². The molecule has 3 aromatic rings. The van der Waals surface area contributed by atoms with Crippen LogP contribution in [-0.2, 0) is 0 Å². The summed E-state index contributed by atoms with van der Waals surface area (Å²) in [4.78, 5) is 16.3. The lowest BCUT2D eigenvalue weighted by Crippen LogP contribution is -1.91. The summed E-state index contributed by atoms with van der Waals surface area (Å²) in [6.45, 7) is 1.96. The first-order valence-corrected chi connectivity index (χ1v) is 5.85. The lowest BCUT2D eigenvalue weighted by atomic mass is 10.3. The Hall–Kier alpha value is -2.15. The molecule has 0 spiro atoms. The molecule has 0 saturated heterocycles. The van der Waals surface area contributed by atoms with Gasteiger partial charge in [-0.3, -0.25) is 0 Å². The van der Waals surface area contributed by atoms with Gasteiger partial charge in [0, 0.05) is 0 Å². The van der Waals surface area contributed by atoms with Crippen molar-refractivity contribution in [3.63, 3.8) is 0 Å². The molecule has 3 aromatic heterocycles. The van der Waals surface area contributed by atoms with Crippen molar-refractivity contribution in [2.75, 3.05) is 11.5 Å². The third-order valence-corrected chi connectivity index (χ3v) is 3.68. The van der Waals surface area contributed by atoms with Crippen LogP contribution in [0.15, 0.2) is 11.7 Å². The second-order valence-electron chi connectivity index (χ2n) is 3.70. The van der Waals surface area contributed by atoms with Gasteiger partial charge >= 0.3 is 0 Å². The summed E-state index contributed by atoms with van der Waals surface area (Å²) in [6.07, 6.45) is 1.39. The molecule has 0 unspecified atom stereocenters. The molecule has 0 aromatic carbocycles. The highest BCUT2D eigenvalue weighted by Crippen LogP contribution is 2.33. The number of fused-ring (bicyclic) bond motifs is 1. The molecule has 86 valence electrons. The molecule has 6 nitrogen and oxygen atoms in total. The molecule has 0 aliphatic rings. The number of aryl methyl sites for hydroxylation is 1. The van der Waals surface area contributed by atoms with E-state index < -0.39 is 0 Å². The van der Waals surface area contributed by atoms with Gasteiger partial charge < -0.3 is 16.5 Å². The van der Waals surface area contributed by atoms with E-state index >= 15 is 0 Å². The van der Waals surface area contributed by atoms with Crippen molar-refractivity contribution in [2.45, 2.75) is 6.92 Å². The minimum absolute atomic E-state index is 0.389. The van der Waals surface area contributed by atoms with Gasteiger partial charge in [0.25, 0.3) is 0 Å². The Bertz CT molecular complexity index is 698. The number of nitrogens with one attached hydrogen (secondary N) is 1. The number of aromatic amines is 1. The minimum atomic E-state index is 0.389. The normalized spacial score (nSPS) is 11.1. The number of aromatic nitrogens is 4. The van der Waals surface area contributed by atoms with Gasteiger partial charge in [0.2, 0.25) is 0 Å². The minimum Gasteiger partial charge on any atom is -0.397 e. The fourth-order valence-corrected chi connectivity index (χ4v) is 2.51. The SMILES string of the molecule is Cc1csc(-c2nc3ncnc(N)c3[nH]2)c1N. The van der Waals surface area contributed by atoms with Gasteiger partial charge in [-0.2, -0.15) is 0 Å². The molecule has 0 atom stereocenters. The number of rotatable bonds is 1. The van der Waals surface area contributed by atoms with Crippen LogP contribution in [0.2, 0.25) is 0 Å². The number of anilines is 2. The highest BCUT2D eigenvalue weighted by Gasteiger charge is 2.13. The molecule has 0 radical (unpaired) electrons. The Morgan fingerprint density at radius 1 is 1.29 bits per heavy atom. The summed E-state index contributed by atoms with van der Waals surface area (Å²) in [6, 6.07) is 0. The lowest BCUT2D eigenvalue weighted by molar-refractivity contribution is 1.21. The molecule has 0 bridgehead atoms. The van der Waals surface area contributed by atoms with Crippen molar-refractivity contribution in [3.8, 4) is 10.7 Å². The van der Waals surface area contributed by atoms with Gasteiger partial charge in [0.15, 0.2) is 17.3 Å². The number of nitrogens with two attached hydrogens (primary N) is 2. The number of nitrogen functional groups attached to an aromatic ring is 2. The van der Waals surface area contributed by atoms with Crippen LogP contribution in [0.3, 0.4) is 0 Å². The monoisotopic (exact) mass is 246 g/mol. The van der Waals surface area contributed by atoms with E-state index in [-0.39, 0.29) is 0 Å². The summed E-state index contributed by atoms with van der Waals surface area (Å²) >= 11 is 1.54. The van der Waals surface area contributed by atoms with Crippen LogP contribution in [0.4, 0.5) is 11.5 Å². The number of imidazole rings is 1. The first-order chi connectivity index (χ1) is 8.16. The van der Waals surface area contributed by atoms with Gasteiger partial charge in [-0.05, 0) is 17.9 Å². The van der Waals surface area contributed by atoms with Crippen LogP contribution in [0.5, 0.6) is 0 Å². The molecule has 17 heavy (non-hydrogen) atoms. The number of hydrogen-bond donors (Lipinski definition) is 3. The van der Waals surface area contributed by atoms with Crippen LogP contribution in [0.1, 0.15) is 5.56 Å². The molecule has 5 N–H and O–H groups in total. The fraction of sp³-hybridized carbons (Fsp3) is 0.100. The van der Waals surface area contributed by atoms with E-state index in [1.807, 2.05) is 12.3 Å². The molecule has 7 heteroatoms. The zero-order valence-electron chi connectivity index (χ0n) is 9.06. The number of nitrogens with zero attached hydrogens (tertiary/aromatic N) is 3. The van der Waals surface area contributed by atoms with E-state index in [1.54, 1.807) is 11.3 Å². The van der Waals surface area contributed by atoms with Crippen molar-refractivity contribution in [3.05, 3.63) is 17.3 Å². The van der Waals surface area contributed by atoms with Crippen LogP contribution >= 0.6 is 11.3 Å². The van der Waals surface area contributed by atoms with E-state index in [0.717, 1.165) is 16.1 Å². The summed E-state index contributed by atoms with van der Waals surface area (Å²) in [5.74, 6) is 1.07. The Labute approximate surface area is 101 Å². The van der Waals surface area contributed by atoms with E-state index in [9.17, 15) is 0 Å². The number of H-pyrrole nitrogens is 1. The topological polar surface area (TPSA) is 106 Å². The Kier molecular flexibility index (Phi) is 2.02. The second-order valence-corrected chi connectivity index (χ2v) is 4.58. The van der Waals surface area contributed by atoms with E-state index in [4.69, 9.17) is 11.5 Å². The van der Waals surface area contributed by atoms with Gasteiger partial charge in [-0.1, -0.05) is 0 Å². The van der Waals surface area contributed by atoms with E-state index in [0.29, 0.717) is 22.8 Å². The Balaban J connectivity index is 2.25. The molecular weight excluding hydrogens is 236 g/mol. The summed E-state index contributed by atoms with van der Waals surface area (Å²) < 4.78 is 0. The molecule has 3 heterocycles. The van der Waals surface area contributed by atoms with Crippen LogP contribution < -0.4 is 11.5 Å². The van der Waals surface area contributed by atoms with E-state index in [1.165, 1.54) is 6.33 Å². The number of hydrogen-bond acceptors (Lipinski definition) is 6. The first-order valence-electron chi connectivity index (χ1n) is 4.97. The average molecular weight is 246 g/mol. The Morgan fingerprint density at radius 3 is 2.76 bits per heavy atom. The molecule has 0 aliphatic carbocycles. The number of thiophene rings is 1. The maximum atomic E-state index is 5.98. The molecule has 0 fully saturated rings. The zero-order valence-corrected chi connectivity index (χ0v) is 9.88. The highest BCUT2D eigenvalue weighted by atomic mass is 32.1. The predicted molar refractivity (Wildman–Crippen MR) is 68.6 cm³/mol. The van der Waals surface area contributed by atoms with Crippen LogP contribution in [0, 0.1) is 6.92 Å². The maximum Gasteiger partial charge on any atom is 0.183 e. The third kappa shape index (κ3) is 1.43. The van der Waals surface area contributed by atoms with E-state index in [2.05, 4.69) is 19.9 Å². The molecular formula is C10H10N6S. The first kappa shape index (κ1) is 10.0. The lowest BCUT2D eigenvalue weighted by Gasteiger charge is -1.94.